The van der Waals surface area contributed by atoms with Crippen LogP contribution in [-0.2, 0) is 14.8 Å². The Hall–Kier alpha value is -3.17. The summed E-state index contributed by atoms with van der Waals surface area (Å²) in [5.41, 5.74) is 1.95. The first kappa shape index (κ1) is 22.5. The number of H-pyrrole nitrogens is 1. The van der Waals surface area contributed by atoms with Crippen LogP contribution in [0.4, 0.5) is 0 Å². The first-order valence-corrected chi connectivity index (χ1v) is 10.9. The molecule has 0 aliphatic heterocycles. The lowest BCUT2D eigenvalue weighted by Gasteiger charge is -2.16. The van der Waals surface area contributed by atoms with E-state index in [2.05, 4.69) is 4.98 Å². The fraction of sp³-hybridized carbons (Fsp3) is 0.273. The molecule has 31 heavy (non-hydrogen) atoms. The van der Waals surface area contributed by atoms with Crippen molar-refractivity contribution in [2.45, 2.75) is 24.8 Å². The van der Waals surface area contributed by atoms with Crippen molar-refractivity contribution in [2.24, 2.45) is 0 Å². The number of aryl methyl sites for hydroxylation is 1. The van der Waals surface area contributed by atoms with Crippen LogP contribution in [0.25, 0.3) is 10.9 Å². The minimum atomic E-state index is -3.86. The van der Waals surface area contributed by atoms with E-state index in [1.54, 1.807) is 6.92 Å². The van der Waals surface area contributed by atoms with E-state index >= 15 is 0 Å². The third-order valence-corrected chi connectivity index (χ3v) is 6.79. The van der Waals surface area contributed by atoms with Crippen molar-refractivity contribution >= 4 is 32.7 Å². The monoisotopic (exact) mass is 444 g/mol. The standard InChI is InChI=1S/C22H24N2O6S/c1-13-20(16-8-6-7-9-17(16)23-13)21(25)14(2)30-22(26)15-10-11-18(29-5)19(12-15)31(27,28)24(3)4/h6-12,14,23H,1-5H3. The predicted molar refractivity (Wildman–Crippen MR) is 116 cm³/mol. The van der Waals surface area contributed by atoms with Crippen LogP contribution in [0.5, 0.6) is 5.75 Å². The third kappa shape index (κ3) is 4.19. The minimum absolute atomic E-state index is 0.00322. The van der Waals surface area contributed by atoms with Gasteiger partial charge in [0, 0.05) is 36.3 Å². The zero-order valence-corrected chi connectivity index (χ0v) is 18.7. The summed E-state index contributed by atoms with van der Waals surface area (Å²) in [6, 6.07) is 11.3. The molecule has 1 N–H and O–H groups in total. The molecule has 9 heteroatoms. The number of para-hydroxylation sites is 1. The number of aromatic amines is 1. The number of Topliss-reactive ketones (excluding diaryl/α,β-unsaturated/α-hetero) is 1. The second kappa shape index (κ2) is 8.52. The van der Waals surface area contributed by atoms with E-state index in [-0.39, 0.29) is 22.0 Å². The largest absolute Gasteiger partial charge is 0.495 e. The van der Waals surface area contributed by atoms with Crippen LogP contribution in [0.1, 0.15) is 33.3 Å². The van der Waals surface area contributed by atoms with Crippen LogP contribution < -0.4 is 4.74 Å². The van der Waals surface area contributed by atoms with Crippen LogP contribution in [-0.4, -0.2) is 56.8 Å². The highest BCUT2D eigenvalue weighted by Gasteiger charge is 2.27. The summed E-state index contributed by atoms with van der Waals surface area (Å²) < 4.78 is 36.7. The van der Waals surface area contributed by atoms with Crippen LogP contribution >= 0.6 is 0 Å². The molecule has 1 aromatic heterocycles. The second-order valence-electron chi connectivity index (χ2n) is 7.24. The van der Waals surface area contributed by atoms with E-state index < -0.39 is 22.1 Å². The number of hydrogen-bond donors (Lipinski definition) is 1. The van der Waals surface area contributed by atoms with Gasteiger partial charge in [-0.25, -0.2) is 17.5 Å². The summed E-state index contributed by atoms with van der Waals surface area (Å²) >= 11 is 0. The van der Waals surface area contributed by atoms with Gasteiger partial charge in [-0.15, -0.1) is 0 Å². The summed E-state index contributed by atoms with van der Waals surface area (Å²) in [6.45, 7) is 3.27. The van der Waals surface area contributed by atoms with Crippen molar-refractivity contribution in [1.82, 2.24) is 9.29 Å². The van der Waals surface area contributed by atoms with Gasteiger partial charge in [-0.05, 0) is 38.1 Å². The van der Waals surface area contributed by atoms with E-state index in [9.17, 15) is 18.0 Å². The normalized spacial score (nSPS) is 12.7. The van der Waals surface area contributed by atoms with E-state index in [4.69, 9.17) is 9.47 Å². The molecule has 0 bridgehead atoms. The van der Waals surface area contributed by atoms with Crippen molar-refractivity contribution in [3.63, 3.8) is 0 Å². The number of aromatic nitrogens is 1. The number of hydrogen-bond acceptors (Lipinski definition) is 6. The zero-order chi connectivity index (χ0) is 22.9. The lowest BCUT2D eigenvalue weighted by atomic mass is 10.0. The average Bonchev–Trinajstić information content (AvgIpc) is 3.07. The zero-order valence-electron chi connectivity index (χ0n) is 17.9. The molecule has 2 aromatic carbocycles. The molecule has 0 aliphatic rings. The number of carbonyl (C=O) groups excluding carboxylic acids is 2. The molecule has 0 spiro atoms. The minimum Gasteiger partial charge on any atom is -0.495 e. The van der Waals surface area contributed by atoms with Gasteiger partial charge in [0.05, 0.1) is 12.7 Å². The quantitative estimate of drug-likeness (QED) is 0.443. The van der Waals surface area contributed by atoms with E-state index in [0.717, 1.165) is 15.2 Å². The number of nitrogens with zero attached hydrogens (tertiary/aromatic N) is 1. The van der Waals surface area contributed by atoms with Crippen LogP contribution in [0.3, 0.4) is 0 Å². The molecule has 1 heterocycles. The SMILES string of the molecule is COc1ccc(C(=O)OC(C)C(=O)c2c(C)[nH]c3ccccc23)cc1S(=O)(=O)N(C)C. The van der Waals surface area contributed by atoms with Crippen LogP contribution in [0.15, 0.2) is 47.4 Å². The number of carbonyl (C=O) groups is 2. The number of nitrogens with one attached hydrogen (secondary N) is 1. The molecule has 0 saturated heterocycles. The number of sulfonamides is 1. The number of benzene rings is 2. The van der Waals surface area contributed by atoms with Gasteiger partial charge in [-0.3, -0.25) is 4.79 Å². The maximum Gasteiger partial charge on any atom is 0.338 e. The second-order valence-corrected chi connectivity index (χ2v) is 9.36. The topological polar surface area (TPSA) is 106 Å². The lowest BCUT2D eigenvalue weighted by Crippen LogP contribution is -2.26. The van der Waals surface area contributed by atoms with Gasteiger partial charge < -0.3 is 14.5 Å². The molecular weight excluding hydrogens is 420 g/mol. The first-order chi connectivity index (χ1) is 14.6. The summed E-state index contributed by atoms with van der Waals surface area (Å²) in [5, 5.41) is 0.747. The third-order valence-electron chi connectivity index (χ3n) is 4.95. The van der Waals surface area contributed by atoms with Crippen molar-refractivity contribution in [2.75, 3.05) is 21.2 Å². The molecule has 1 atom stereocenters. The molecule has 1 unspecified atom stereocenters. The van der Waals surface area contributed by atoms with Crippen molar-refractivity contribution in [1.29, 1.82) is 0 Å². The fourth-order valence-electron chi connectivity index (χ4n) is 3.28. The maximum absolute atomic E-state index is 13.0. The van der Waals surface area contributed by atoms with Crippen molar-refractivity contribution in [3.8, 4) is 5.75 Å². The Bertz CT molecular complexity index is 1260. The van der Waals surface area contributed by atoms with Gasteiger partial charge in [-0.1, -0.05) is 18.2 Å². The molecule has 8 nitrogen and oxygen atoms in total. The Balaban J connectivity index is 1.89. The van der Waals surface area contributed by atoms with Gasteiger partial charge in [-0.2, -0.15) is 0 Å². The Morgan fingerprint density at radius 2 is 1.77 bits per heavy atom. The van der Waals surface area contributed by atoms with Crippen LogP contribution in [0.2, 0.25) is 0 Å². The molecule has 3 aromatic rings. The maximum atomic E-state index is 13.0. The number of fused-ring (bicyclic) bond motifs is 1. The van der Waals surface area contributed by atoms with Gasteiger partial charge in [0.2, 0.25) is 15.8 Å². The Labute approximate surface area is 180 Å². The Kier molecular flexibility index (Phi) is 6.19. The van der Waals surface area contributed by atoms with E-state index in [1.807, 2.05) is 24.3 Å². The lowest BCUT2D eigenvalue weighted by molar-refractivity contribution is 0.0319. The van der Waals surface area contributed by atoms with E-state index in [1.165, 1.54) is 46.3 Å². The molecule has 3 rings (SSSR count). The molecular formula is C22H24N2O6S. The smallest absolute Gasteiger partial charge is 0.338 e. The Morgan fingerprint density at radius 1 is 1.10 bits per heavy atom. The molecule has 0 saturated carbocycles. The predicted octanol–water partition coefficient (Wildman–Crippen LogP) is 3.16. The summed E-state index contributed by atoms with van der Waals surface area (Å²) in [7, 11) is 0.241. The highest BCUT2D eigenvalue weighted by atomic mass is 32.2. The van der Waals surface area contributed by atoms with Gasteiger partial charge in [0.25, 0.3) is 0 Å². The summed E-state index contributed by atoms with van der Waals surface area (Å²) in [5.74, 6) is -1.06. The molecule has 0 fully saturated rings. The number of ketones is 1. The number of esters is 1. The van der Waals surface area contributed by atoms with Crippen LogP contribution in [0, 0.1) is 6.92 Å². The molecule has 164 valence electrons. The molecule has 0 amide bonds. The summed E-state index contributed by atoms with van der Waals surface area (Å²) in [4.78, 5) is 28.7. The van der Waals surface area contributed by atoms with Crippen molar-refractivity contribution in [3.05, 3.63) is 59.3 Å². The van der Waals surface area contributed by atoms with Gasteiger partial charge >= 0.3 is 5.97 Å². The Morgan fingerprint density at radius 3 is 2.42 bits per heavy atom. The average molecular weight is 445 g/mol. The highest BCUT2D eigenvalue weighted by Crippen LogP contribution is 2.28. The number of methoxy groups -OCH3 is 1. The van der Waals surface area contributed by atoms with E-state index in [0.29, 0.717) is 11.3 Å². The number of ether oxygens (including phenoxy) is 2. The molecule has 0 radical (unpaired) electrons. The highest BCUT2D eigenvalue weighted by molar-refractivity contribution is 7.89. The summed E-state index contributed by atoms with van der Waals surface area (Å²) in [6.07, 6.45) is -1.07. The number of rotatable bonds is 7. The van der Waals surface area contributed by atoms with Crippen molar-refractivity contribution < 1.29 is 27.5 Å². The van der Waals surface area contributed by atoms with Gasteiger partial charge in [0.1, 0.15) is 10.6 Å². The first-order valence-electron chi connectivity index (χ1n) is 9.51. The fourth-order valence-corrected chi connectivity index (χ4v) is 4.36. The molecule has 0 aliphatic carbocycles. The van der Waals surface area contributed by atoms with Gasteiger partial charge in [0.15, 0.2) is 6.10 Å².